The van der Waals surface area contributed by atoms with Crippen LogP contribution in [0, 0.1) is 5.41 Å². The van der Waals surface area contributed by atoms with Crippen LogP contribution in [-0.2, 0) is 182 Å². The van der Waals surface area contributed by atoms with E-state index in [0.29, 0.717) is 9.80 Å². The first-order chi connectivity index (χ1) is 67.5. The van der Waals surface area contributed by atoms with E-state index in [9.17, 15) is 153 Å². The van der Waals surface area contributed by atoms with Crippen LogP contribution in [0.15, 0.2) is 0 Å². The second-order valence-corrected chi connectivity index (χ2v) is 31.9. The van der Waals surface area contributed by atoms with E-state index in [-0.39, 0.29) is 44.9 Å². The Labute approximate surface area is 822 Å². The predicted octanol–water partition coefficient (Wildman–Crippen LogP) is -9.17. The number of methoxy groups -OCH3 is 6. The van der Waals surface area contributed by atoms with E-state index in [1.165, 1.54) is 20.8 Å². The molecule has 0 spiro atoms. The number of ketones is 10. The highest BCUT2D eigenvalue weighted by atomic mass is 16.5. The first-order valence-corrected chi connectivity index (χ1v) is 45.2. The molecule has 0 aromatic carbocycles. The quantitative estimate of drug-likeness (QED) is 0.0199. The molecule has 0 aliphatic heterocycles. The molecular weight excluding hydrogens is 1900 g/mol. The van der Waals surface area contributed by atoms with Gasteiger partial charge in [0.25, 0.3) is 0 Å². The first kappa shape index (κ1) is 128. The summed E-state index contributed by atoms with van der Waals surface area (Å²) in [4.78, 5) is 416. The van der Waals surface area contributed by atoms with E-state index in [1.807, 2.05) is 0 Å². The van der Waals surface area contributed by atoms with Gasteiger partial charge in [-0.15, -0.1) is 0 Å². The predicted molar refractivity (Wildman–Crippen MR) is 486 cm³/mol. The van der Waals surface area contributed by atoms with Crippen LogP contribution in [0.1, 0.15) is 168 Å². The van der Waals surface area contributed by atoms with E-state index >= 15 is 0 Å². The highest BCUT2D eigenvalue weighted by molar-refractivity contribution is 6.00. The van der Waals surface area contributed by atoms with Crippen molar-refractivity contribution in [2.75, 3.05) is 193 Å². The van der Waals surface area contributed by atoms with Crippen molar-refractivity contribution in [2.24, 2.45) is 11.1 Å². The lowest BCUT2D eigenvalue weighted by Crippen LogP contribution is -2.46. The number of nitrogens with one attached hydrogen (secondary N) is 10. The summed E-state index contributed by atoms with van der Waals surface area (Å²) >= 11 is 0. The molecule has 16 amide bonds. The van der Waals surface area contributed by atoms with Gasteiger partial charge in [-0.3, -0.25) is 153 Å². The minimum Gasteiger partial charge on any atom is -0.468 e. The van der Waals surface area contributed by atoms with Crippen LogP contribution in [-0.4, -0.2) is 411 Å². The average molecular weight is 2040 g/mol. The summed E-state index contributed by atoms with van der Waals surface area (Å²) in [5.74, 6) is -26.5. The van der Waals surface area contributed by atoms with Crippen LogP contribution in [0.25, 0.3) is 0 Å². The number of nitrogens with zero attached hydrogens (tertiary/aromatic N) is 6. The third-order valence-electron chi connectivity index (χ3n) is 20.8. The van der Waals surface area contributed by atoms with Gasteiger partial charge < -0.3 is 117 Å². The fourth-order valence-corrected chi connectivity index (χ4v) is 12.2. The maximum atomic E-state index is 14.0. The van der Waals surface area contributed by atoms with Gasteiger partial charge in [-0.2, -0.15) is 0 Å². The van der Waals surface area contributed by atoms with Crippen LogP contribution >= 0.6 is 0 Å². The zero-order chi connectivity index (χ0) is 108. The molecule has 0 heterocycles. The summed E-state index contributed by atoms with van der Waals surface area (Å²) in [6.07, 6.45) is -10.3. The molecule has 0 atom stereocenters. The van der Waals surface area contributed by atoms with Gasteiger partial charge in [0.2, 0.25) is 94.5 Å². The number of carbonyl (C=O) groups is 32. The second-order valence-electron chi connectivity index (χ2n) is 31.9. The van der Waals surface area contributed by atoms with Crippen LogP contribution in [0.5, 0.6) is 0 Å². The Balaban J connectivity index is 7.02. The highest BCUT2D eigenvalue weighted by Crippen LogP contribution is 2.40. The van der Waals surface area contributed by atoms with E-state index < -0.39 is 447 Å². The molecule has 0 bridgehead atoms. The lowest BCUT2D eigenvalue weighted by Gasteiger charge is -2.34. The molecule has 796 valence electrons. The van der Waals surface area contributed by atoms with Gasteiger partial charge in [0, 0.05) is 122 Å². The SMILES string of the molecule is CCC(=O)NCC(=O)N(CC(=O)CCC(=O)NCC(=O)CCC(CCC(=O)CNC(=O)CCC(=O)CN(CC(=O)OC)C(=O)CNC(=O)CC)(CCC(=O)CNC(=O)CCC(=O)CN(CC(=O)OC)C(=O)CNC(=O)CC)CCC(=O)CNC(=O)CCC(=O)CN(CC(=O)OC)C(=O)CNC(=O)CCC(=O)CN(CC(=O)OC)C(=O)CNC(=O)CCC(=O)CN(CC(=O)OC)C(=O)CNC(=O)CN)CC(=O)OC. The van der Waals surface area contributed by atoms with Crippen molar-refractivity contribution in [3.8, 4) is 0 Å². The molecule has 0 aliphatic carbocycles. The summed E-state index contributed by atoms with van der Waals surface area (Å²) in [5, 5.41) is 23.0. The molecule has 0 aliphatic rings. The first-order valence-electron chi connectivity index (χ1n) is 45.2. The maximum absolute atomic E-state index is 14.0. The van der Waals surface area contributed by atoms with Gasteiger partial charge in [0.15, 0.2) is 57.8 Å². The molecule has 0 unspecified atom stereocenters. The van der Waals surface area contributed by atoms with Crippen LogP contribution < -0.4 is 58.9 Å². The topological polar surface area (TPSA) is 767 Å². The second kappa shape index (κ2) is 72.3. The minimum atomic E-state index is -1.48. The normalized spacial score (nSPS) is 10.5. The van der Waals surface area contributed by atoms with Crippen LogP contribution in [0.2, 0.25) is 0 Å². The molecule has 55 nitrogen and oxygen atoms in total. The molecule has 0 saturated heterocycles. The maximum Gasteiger partial charge on any atom is 0.325 e. The molecule has 143 heavy (non-hydrogen) atoms. The van der Waals surface area contributed by atoms with Crippen molar-refractivity contribution >= 4 is 188 Å². The number of hydrogen-bond acceptors (Lipinski definition) is 39. The lowest BCUT2D eigenvalue weighted by atomic mass is 9.70. The third-order valence-corrected chi connectivity index (χ3v) is 20.8. The van der Waals surface area contributed by atoms with E-state index in [1.54, 1.807) is 0 Å². The summed E-state index contributed by atoms with van der Waals surface area (Å²) in [5.41, 5.74) is 3.73. The van der Waals surface area contributed by atoms with E-state index in [4.69, 9.17) is 5.73 Å². The average Bonchev–Trinajstić information content (AvgIpc) is 0.846. The van der Waals surface area contributed by atoms with Crippen molar-refractivity contribution in [1.82, 2.24) is 82.6 Å². The van der Waals surface area contributed by atoms with Crippen molar-refractivity contribution in [1.29, 1.82) is 0 Å². The monoisotopic (exact) mass is 2030 g/mol. The number of Topliss-reactive ketones (excluding diaryl/α,β-unsaturated/α-hetero) is 10. The molecule has 0 aromatic heterocycles. The van der Waals surface area contributed by atoms with Gasteiger partial charge in [-0.05, 0) is 31.1 Å². The number of esters is 6. The number of nitrogens with two attached hydrogens (primary N) is 1. The van der Waals surface area contributed by atoms with Crippen molar-refractivity contribution < 1.29 is 182 Å². The molecule has 0 saturated carbocycles. The fourth-order valence-electron chi connectivity index (χ4n) is 12.2. The van der Waals surface area contributed by atoms with Gasteiger partial charge >= 0.3 is 35.8 Å². The zero-order valence-corrected chi connectivity index (χ0v) is 81.8. The van der Waals surface area contributed by atoms with Crippen molar-refractivity contribution in [3.05, 3.63) is 0 Å². The number of rotatable bonds is 78. The molecule has 12 N–H and O–H groups in total. The number of amides is 16. The smallest absolute Gasteiger partial charge is 0.325 e. The standard InChI is InChI=1S/C88H131N17O38/c1-10-66(116)94-38-76(126)100(50-82(132)138-4)44-60(110)13-19-69(119)90-34-56(106)25-29-88(30-26-57(107)35-91-70(120)20-14-61(111)45-101(51-83(133)139-5)77(127)39-95-67(117)11-2,31-27-58(108)36-92-71(121)21-15-62(112)46-102(52-84(134)140-6)78(128)40-96-68(118)12-3)32-28-59(109)37-93-72(122)22-16-63(113)47-103(53-85(135)141-7)79(129)41-97-73(123)23-17-64(114)48-104(54-86(136)142-8)80(130)42-98-74(124)24-18-65(115)49-105(55-87(137)143-9)81(131)43-99-75(125)33-89/h10-55,89H2,1-9H3,(H,90,119)(H,91,120)(H,92,121)(H,93,122)(H,94,116)(H,95,117)(H,96,118)(H,97,123)(H,98,124)(H,99,125). The Kier molecular flexibility index (Phi) is 64.7. The molecule has 0 radical (unpaired) electrons. The zero-order valence-electron chi connectivity index (χ0n) is 81.8. The molecule has 55 heteroatoms. The van der Waals surface area contributed by atoms with E-state index in [0.717, 1.165) is 62.3 Å². The summed E-state index contributed by atoms with van der Waals surface area (Å²) in [6.45, 7) is -12.1. The van der Waals surface area contributed by atoms with Crippen LogP contribution in [0.4, 0.5) is 0 Å². The Morgan fingerprint density at radius 2 is 0.336 bits per heavy atom. The Morgan fingerprint density at radius 1 is 0.189 bits per heavy atom. The molecular formula is C88H131N17O38. The lowest BCUT2D eigenvalue weighted by molar-refractivity contribution is -0.148. The van der Waals surface area contributed by atoms with Gasteiger partial charge in [0.1, 0.15) is 39.3 Å². The Hall–Kier alpha value is -15.0. The highest BCUT2D eigenvalue weighted by Gasteiger charge is 2.35. The van der Waals surface area contributed by atoms with Crippen molar-refractivity contribution in [3.63, 3.8) is 0 Å². The number of carbonyl (C=O) groups excluding carboxylic acids is 32. The van der Waals surface area contributed by atoms with E-state index in [2.05, 4.69) is 81.6 Å². The van der Waals surface area contributed by atoms with Crippen molar-refractivity contribution in [2.45, 2.75) is 168 Å². The third kappa shape index (κ3) is 60.6. The number of hydrogen-bond donors (Lipinski definition) is 11. The van der Waals surface area contributed by atoms with Gasteiger partial charge in [-0.1, -0.05) is 20.8 Å². The largest absolute Gasteiger partial charge is 0.468 e. The molecule has 0 fully saturated rings. The summed E-state index contributed by atoms with van der Waals surface area (Å²) in [7, 11) is 5.98. The summed E-state index contributed by atoms with van der Waals surface area (Å²) in [6, 6.07) is 0. The summed E-state index contributed by atoms with van der Waals surface area (Å²) < 4.78 is 27.7. The van der Waals surface area contributed by atoms with Gasteiger partial charge in [0.05, 0.1) is 154 Å². The fraction of sp³-hybridized carbons (Fsp3) is 0.636. The molecule has 0 aromatic rings. The Bertz CT molecular complexity index is 4310. The molecule has 0 rings (SSSR count). The minimum absolute atomic E-state index is 0.00257. The van der Waals surface area contributed by atoms with Crippen LogP contribution in [0.3, 0.4) is 0 Å². The van der Waals surface area contributed by atoms with Gasteiger partial charge in [-0.25, -0.2) is 0 Å². The number of ether oxygens (including phenoxy) is 6. The Morgan fingerprint density at radius 3 is 0.483 bits per heavy atom.